The van der Waals surface area contributed by atoms with Crippen LogP contribution in [0.1, 0.15) is 25.7 Å². The number of hydrogen-bond donors (Lipinski definition) is 2. The van der Waals surface area contributed by atoms with Crippen LogP contribution in [0.25, 0.3) is 0 Å². The van der Waals surface area contributed by atoms with E-state index < -0.39 is 0 Å². The first-order chi connectivity index (χ1) is 9.60. The van der Waals surface area contributed by atoms with Gasteiger partial charge in [-0.25, -0.2) is 4.98 Å². The van der Waals surface area contributed by atoms with E-state index in [9.17, 15) is 4.79 Å². The van der Waals surface area contributed by atoms with Gasteiger partial charge in [-0.05, 0) is 37.1 Å². The van der Waals surface area contributed by atoms with Gasteiger partial charge in [0.25, 0.3) is 5.91 Å². The maximum atomic E-state index is 12.1. The Kier molecular flexibility index (Phi) is 4.51. The highest BCUT2D eigenvalue weighted by molar-refractivity contribution is 7.14. The van der Waals surface area contributed by atoms with Gasteiger partial charge in [0.15, 0.2) is 0 Å². The number of rotatable bonds is 2. The molecule has 2 rings (SSSR count). The molecule has 2 aromatic rings. The summed E-state index contributed by atoms with van der Waals surface area (Å²) in [4.78, 5) is 17.8. The average Bonchev–Trinajstić information content (AvgIpc) is 2.80. The summed E-state index contributed by atoms with van der Waals surface area (Å²) in [7, 11) is 0. The molecule has 0 aliphatic carbocycles. The lowest BCUT2D eigenvalue weighted by molar-refractivity contribution is 0.103. The summed E-state index contributed by atoms with van der Waals surface area (Å²) in [6.45, 7) is 4.19. The normalized spacial score (nSPS) is 9.75. The molecule has 3 N–H and O–H groups in total. The van der Waals surface area contributed by atoms with E-state index in [1.54, 1.807) is 12.3 Å². The Morgan fingerprint density at radius 2 is 2.25 bits per heavy atom. The summed E-state index contributed by atoms with van der Waals surface area (Å²) < 4.78 is 0. The number of nitrogens with two attached hydrogens (primary N) is 1. The fourth-order valence-corrected chi connectivity index (χ4v) is 2.51. The second-order valence-corrected chi connectivity index (χ2v) is 5.36. The fourth-order valence-electron chi connectivity index (χ4n) is 1.57. The molecule has 1 amide bonds. The zero-order chi connectivity index (χ0) is 14.5. The van der Waals surface area contributed by atoms with Crippen LogP contribution in [0.5, 0.6) is 0 Å². The van der Waals surface area contributed by atoms with E-state index in [2.05, 4.69) is 22.1 Å². The van der Waals surface area contributed by atoms with E-state index >= 15 is 0 Å². The molecule has 0 aliphatic rings. The van der Waals surface area contributed by atoms with Gasteiger partial charge >= 0.3 is 0 Å². The van der Waals surface area contributed by atoms with Crippen LogP contribution < -0.4 is 11.1 Å². The van der Waals surface area contributed by atoms with Crippen molar-refractivity contribution in [1.82, 2.24) is 4.98 Å². The molecule has 0 radical (unpaired) electrons. The van der Waals surface area contributed by atoms with Crippen LogP contribution in [-0.2, 0) is 0 Å². The first-order valence-electron chi connectivity index (χ1n) is 6.13. The Morgan fingerprint density at radius 3 is 2.90 bits per heavy atom. The van der Waals surface area contributed by atoms with Gasteiger partial charge in [-0.2, -0.15) is 0 Å². The summed E-state index contributed by atoms with van der Waals surface area (Å²) >= 11 is 1.36. The van der Waals surface area contributed by atoms with Gasteiger partial charge in [0.1, 0.15) is 5.82 Å². The highest BCUT2D eigenvalue weighted by atomic mass is 32.1. The minimum absolute atomic E-state index is 0.171. The molecular formula is C15H15N3OS. The predicted octanol–water partition coefficient (Wildman–Crippen LogP) is 2.32. The molecule has 0 aliphatic heterocycles. The molecule has 0 saturated carbocycles. The summed E-state index contributed by atoms with van der Waals surface area (Å²) in [6.07, 6.45) is 1.72. The molecule has 0 spiro atoms. The zero-order valence-electron chi connectivity index (χ0n) is 11.4. The Labute approximate surface area is 122 Å². The van der Waals surface area contributed by atoms with Gasteiger partial charge in [0, 0.05) is 6.20 Å². The van der Waals surface area contributed by atoms with Crippen LogP contribution in [0.4, 0.5) is 5.82 Å². The molecule has 0 bridgehead atoms. The molecule has 2 aromatic heterocycles. The van der Waals surface area contributed by atoms with Crippen LogP contribution >= 0.6 is 11.3 Å². The zero-order valence-corrected chi connectivity index (χ0v) is 12.2. The van der Waals surface area contributed by atoms with Crippen LogP contribution in [0.2, 0.25) is 0 Å². The van der Waals surface area contributed by atoms with Gasteiger partial charge in [-0.1, -0.05) is 17.9 Å². The molecule has 0 saturated heterocycles. The number of aryl methyl sites for hydroxylation is 2. The van der Waals surface area contributed by atoms with Crippen molar-refractivity contribution in [3.05, 3.63) is 45.3 Å². The van der Waals surface area contributed by atoms with E-state index in [1.165, 1.54) is 11.3 Å². The van der Waals surface area contributed by atoms with E-state index in [-0.39, 0.29) is 5.91 Å². The molecule has 5 heteroatoms. The minimum Gasteiger partial charge on any atom is -0.320 e. The van der Waals surface area contributed by atoms with Crippen molar-refractivity contribution < 1.29 is 4.79 Å². The Hall–Kier alpha value is -2.16. The molecule has 4 nitrogen and oxygen atoms in total. The molecule has 0 fully saturated rings. The number of carbonyl (C=O) groups is 1. The minimum atomic E-state index is -0.171. The largest absolute Gasteiger partial charge is 0.320 e. The Bertz CT molecular complexity index is 677. The summed E-state index contributed by atoms with van der Waals surface area (Å²) in [5.41, 5.74) is 7.39. The summed E-state index contributed by atoms with van der Waals surface area (Å²) in [5, 5.41) is 2.77. The third-order valence-corrected chi connectivity index (χ3v) is 3.75. The first-order valence-corrected chi connectivity index (χ1v) is 6.95. The molecule has 0 unspecified atom stereocenters. The lowest BCUT2D eigenvalue weighted by Crippen LogP contribution is -2.11. The third kappa shape index (κ3) is 3.44. The lowest BCUT2D eigenvalue weighted by Gasteiger charge is -2.02. The smallest absolute Gasteiger partial charge is 0.266 e. The Balaban J connectivity index is 2.15. The van der Waals surface area contributed by atoms with Crippen LogP contribution in [0, 0.1) is 25.7 Å². The van der Waals surface area contributed by atoms with Crippen molar-refractivity contribution >= 4 is 23.1 Å². The van der Waals surface area contributed by atoms with Gasteiger partial charge in [-0.15, -0.1) is 11.3 Å². The number of pyridine rings is 1. The molecule has 0 aromatic carbocycles. The molecular weight excluding hydrogens is 270 g/mol. The third-order valence-electron chi connectivity index (χ3n) is 2.60. The van der Waals surface area contributed by atoms with Crippen LogP contribution in [0.15, 0.2) is 24.4 Å². The average molecular weight is 285 g/mol. The number of aromatic nitrogens is 1. The van der Waals surface area contributed by atoms with Crippen molar-refractivity contribution in [2.45, 2.75) is 13.8 Å². The molecule has 102 valence electrons. The van der Waals surface area contributed by atoms with E-state index in [1.807, 2.05) is 26.0 Å². The second kappa shape index (κ2) is 6.33. The lowest BCUT2D eigenvalue weighted by atomic mass is 10.2. The SMILES string of the molecule is Cc1ccc(NC(=O)c2cc(C)c(C#CCN)s2)nc1. The highest BCUT2D eigenvalue weighted by Gasteiger charge is 2.12. The maximum absolute atomic E-state index is 12.1. The maximum Gasteiger partial charge on any atom is 0.266 e. The second-order valence-electron chi connectivity index (χ2n) is 4.30. The fraction of sp³-hybridized carbons (Fsp3) is 0.200. The van der Waals surface area contributed by atoms with Crippen LogP contribution in [0.3, 0.4) is 0 Å². The van der Waals surface area contributed by atoms with E-state index in [0.29, 0.717) is 17.2 Å². The Morgan fingerprint density at radius 1 is 1.45 bits per heavy atom. The highest BCUT2D eigenvalue weighted by Crippen LogP contribution is 2.21. The number of amides is 1. The van der Waals surface area contributed by atoms with Crippen molar-refractivity contribution in [1.29, 1.82) is 0 Å². The topological polar surface area (TPSA) is 68.0 Å². The number of carbonyl (C=O) groups excluding carboxylic acids is 1. The molecule has 2 heterocycles. The molecule has 0 atom stereocenters. The van der Waals surface area contributed by atoms with Gasteiger partial charge in [0.2, 0.25) is 0 Å². The van der Waals surface area contributed by atoms with Gasteiger partial charge < -0.3 is 11.1 Å². The van der Waals surface area contributed by atoms with Gasteiger partial charge in [0.05, 0.1) is 16.3 Å². The van der Waals surface area contributed by atoms with E-state index in [4.69, 9.17) is 5.73 Å². The van der Waals surface area contributed by atoms with Crippen molar-refractivity contribution in [3.63, 3.8) is 0 Å². The number of hydrogen-bond acceptors (Lipinski definition) is 4. The number of nitrogens with one attached hydrogen (secondary N) is 1. The van der Waals surface area contributed by atoms with Crippen molar-refractivity contribution in [3.8, 4) is 11.8 Å². The predicted molar refractivity (Wildman–Crippen MR) is 81.9 cm³/mol. The van der Waals surface area contributed by atoms with Crippen LogP contribution in [-0.4, -0.2) is 17.4 Å². The first kappa shape index (κ1) is 14.3. The van der Waals surface area contributed by atoms with E-state index in [0.717, 1.165) is 16.0 Å². The standard InChI is InChI=1S/C15H15N3OS/c1-10-5-6-14(17-9-10)18-15(19)13-8-11(2)12(20-13)4-3-7-16/h5-6,8-9H,7,16H2,1-2H3,(H,17,18,19). The monoisotopic (exact) mass is 285 g/mol. The molecule has 20 heavy (non-hydrogen) atoms. The van der Waals surface area contributed by atoms with Crippen molar-refractivity contribution in [2.75, 3.05) is 11.9 Å². The number of nitrogens with zero attached hydrogens (tertiary/aromatic N) is 1. The summed E-state index contributed by atoms with van der Waals surface area (Å²) in [6, 6.07) is 5.51. The summed E-state index contributed by atoms with van der Waals surface area (Å²) in [5.74, 6) is 6.14. The number of anilines is 1. The van der Waals surface area contributed by atoms with Gasteiger partial charge in [-0.3, -0.25) is 4.79 Å². The number of thiophene rings is 1. The quantitative estimate of drug-likeness (QED) is 0.832. The van der Waals surface area contributed by atoms with Crippen molar-refractivity contribution in [2.24, 2.45) is 5.73 Å².